The van der Waals surface area contributed by atoms with E-state index in [-0.39, 0.29) is 12.0 Å². The number of hydrogen-bond acceptors (Lipinski definition) is 7. The summed E-state index contributed by atoms with van der Waals surface area (Å²) in [6, 6.07) is 17.8. The molecular weight excluding hydrogens is 454 g/mol. The molecular formula is C28H31N5O3. The van der Waals surface area contributed by atoms with Crippen LogP contribution in [0.25, 0.3) is 11.3 Å². The number of carbonyl (C=O) groups excluding carboxylic acids is 1. The third kappa shape index (κ3) is 6.80. The first-order chi connectivity index (χ1) is 17.5. The lowest BCUT2D eigenvalue weighted by molar-refractivity contribution is -0.128. The van der Waals surface area contributed by atoms with Crippen molar-refractivity contribution < 1.29 is 14.3 Å². The number of amides is 1. The van der Waals surface area contributed by atoms with E-state index >= 15 is 0 Å². The second-order valence-corrected chi connectivity index (χ2v) is 8.95. The molecule has 1 aromatic heterocycles. The third-order valence-corrected chi connectivity index (χ3v) is 6.05. The van der Waals surface area contributed by atoms with Crippen molar-refractivity contribution in [3.05, 3.63) is 71.7 Å². The Balaban J connectivity index is 1.39. The number of anilines is 1. The molecule has 8 nitrogen and oxygen atoms in total. The first-order valence-electron chi connectivity index (χ1n) is 12.2. The molecule has 0 atom stereocenters. The van der Waals surface area contributed by atoms with Gasteiger partial charge in [0.15, 0.2) is 0 Å². The van der Waals surface area contributed by atoms with E-state index in [1.54, 1.807) is 25.2 Å². The molecule has 0 radical (unpaired) electrons. The smallest absolute Gasteiger partial charge is 0.223 e. The van der Waals surface area contributed by atoms with Crippen LogP contribution in [-0.2, 0) is 16.0 Å². The summed E-state index contributed by atoms with van der Waals surface area (Å²) in [6.45, 7) is 1.96. The van der Waals surface area contributed by atoms with E-state index in [0.717, 1.165) is 35.3 Å². The number of nitriles is 1. The minimum Gasteiger partial charge on any atom is -0.489 e. The molecule has 4 rings (SSSR count). The monoisotopic (exact) mass is 485 g/mol. The van der Waals surface area contributed by atoms with Crippen LogP contribution in [0.1, 0.15) is 36.2 Å². The molecule has 0 saturated carbocycles. The molecule has 1 aliphatic heterocycles. The van der Waals surface area contributed by atoms with Crippen molar-refractivity contribution in [3.8, 4) is 23.1 Å². The highest BCUT2D eigenvalue weighted by Crippen LogP contribution is 2.27. The van der Waals surface area contributed by atoms with Gasteiger partial charge in [-0.15, -0.1) is 0 Å². The van der Waals surface area contributed by atoms with Crippen LogP contribution in [0.5, 0.6) is 5.75 Å². The molecule has 0 aliphatic carbocycles. The molecule has 0 spiro atoms. The number of carbonyl (C=O) groups is 1. The minimum atomic E-state index is 0.0736. The van der Waals surface area contributed by atoms with Crippen molar-refractivity contribution in [1.82, 2.24) is 14.9 Å². The van der Waals surface area contributed by atoms with Crippen LogP contribution in [0.4, 0.5) is 5.69 Å². The number of rotatable bonds is 9. The fourth-order valence-corrected chi connectivity index (χ4v) is 3.96. The van der Waals surface area contributed by atoms with Gasteiger partial charge in [0.05, 0.1) is 24.5 Å². The molecule has 3 aromatic rings. The van der Waals surface area contributed by atoms with Crippen molar-refractivity contribution in [3.63, 3.8) is 0 Å². The molecule has 1 amide bonds. The predicted octanol–water partition coefficient (Wildman–Crippen LogP) is 4.05. The molecule has 0 bridgehead atoms. The predicted molar refractivity (Wildman–Crippen MR) is 138 cm³/mol. The molecule has 2 aromatic carbocycles. The Morgan fingerprint density at radius 3 is 2.67 bits per heavy atom. The van der Waals surface area contributed by atoms with Gasteiger partial charge >= 0.3 is 0 Å². The largest absolute Gasteiger partial charge is 0.489 e. The van der Waals surface area contributed by atoms with Crippen LogP contribution in [0.3, 0.4) is 0 Å². The Morgan fingerprint density at radius 1 is 1.17 bits per heavy atom. The Hall–Kier alpha value is -3.96. The average molecular weight is 486 g/mol. The summed E-state index contributed by atoms with van der Waals surface area (Å²) in [5.74, 6) is 1.40. The van der Waals surface area contributed by atoms with Crippen LogP contribution in [-0.4, -0.2) is 60.7 Å². The van der Waals surface area contributed by atoms with Crippen molar-refractivity contribution in [2.75, 3.05) is 39.2 Å². The fourth-order valence-electron chi connectivity index (χ4n) is 3.96. The van der Waals surface area contributed by atoms with Crippen LogP contribution >= 0.6 is 0 Å². The highest BCUT2D eigenvalue weighted by atomic mass is 16.5. The maximum absolute atomic E-state index is 11.7. The van der Waals surface area contributed by atoms with E-state index in [9.17, 15) is 10.1 Å². The first kappa shape index (κ1) is 25.1. The normalized spacial score (nSPS) is 13.6. The van der Waals surface area contributed by atoms with E-state index in [1.807, 2.05) is 48.5 Å². The summed E-state index contributed by atoms with van der Waals surface area (Å²) < 4.78 is 11.5. The van der Waals surface area contributed by atoms with E-state index in [4.69, 9.17) is 14.5 Å². The lowest BCUT2D eigenvalue weighted by atomic mass is 10.1. The van der Waals surface area contributed by atoms with E-state index in [2.05, 4.69) is 16.4 Å². The summed E-state index contributed by atoms with van der Waals surface area (Å²) in [5, 5.41) is 13.0. The zero-order valence-corrected chi connectivity index (χ0v) is 20.7. The highest BCUT2D eigenvalue weighted by molar-refractivity contribution is 5.76. The molecule has 0 unspecified atom stereocenters. The van der Waals surface area contributed by atoms with Crippen LogP contribution in [0.2, 0.25) is 0 Å². The van der Waals surface area contributed by atoms with Crippen LogP contribution in [0.15, 0.2) is 54.7 Å². The number of nitrogens with one attached hydrogen (secondary N) is 1. The SMILES string of the molecule is CN(C)C(=O)CCNc1ccc(Cc2nccc(-c3ccc(OC4CCOCC4)c(C#N)c3)n2)cc1. The van der Waals surface area contributed by atoms with Gasteiger partial charge < -0.3 is 19.7 Å². The zero-order chi connectivity index (χ0) is 25.3. The van der Waals surface area contributed by atoms with E-state index in [0.29, 0.717) is 49.7 Å². The van der Waals surface area contributed by atoms with Crippen molar-refractivity contribution >= 4 is 11.6 Å². The van der Waals surface area contributed by atoms with Crippen LogP contribution in [0, 0.1) is 11.3 Å². The molecule has 1 saturated heterocycles. The average Bonchev–Trinajstić information content (AvgIpc) is 2.90. The lowest BCUT2D eigenvalue weighted by Crippen LogP contribution is -2.26. The Morgan fingerprint density at radius 2 is 1.94 bits per heavy atom. The number of benzene rings is 2. The molecule has 186 valence electrons. The van der Waals surface area contributed by atoms with Crippen molar-refractivity contribution in [1.29, 1.82) is 5.26 Å². The van der Waals surface area contributed by atoms with Gasteiger partial charge in [0.2, 0.25) is 5.91 Å². The summed E-state index contributed by atoms with van der Waals surface area (Å²) >= 11 is 0. The Labute approximate surface area is 211 Å². The molecule has 8 heteroatoms. The number of ether oxygens (including phenoxy) is 2. The minimum absolute atomic E-state index is 0.0736. The van der Waals surface area contributed by atoms with Gasteiger partial charge in [0, 0.05) is 63.8 Å². The van der Waals surface area contributed by atoms with Gasteiger partial charge in [-0.05, 0) is 42.0 Å². The Kier molecular flexibility index (Phi) is 8.48. The van der Waals surface area contributed by atoms with Crippen LogP contribution < -0.4 is 10.1 Å². The highest BCUT2D eigenvalue weighted by Gasteiger charge is 2.17. The van der Waals surface area contributed by atoms with Gasteiger partial charge in [-0.1, -0.05) is 12.1 Å². The number of hydrogen-bond donors (Lipinski definition) is 1. The van der Waals surface area contributed by atoms with Gasteiger partial charge in [0.1, 0.15) is 23.7 Å². The van der Waals surface area contributed by atoms with Gasteiger partial charge in [-0.2, -0.15) is 5.26 Å². The van der Waals surface area contributed by atoms with Gasteiger partial charge in [-0.25, -0.2) is 9.97 Å². The maximum Gasteiger partial charge on any atom is 0.223 e. The second kappa shape index (κ2) is 12.1. The maximum atomic E-state index is 11.7. The molecule has 2 heterocycles. The standard InChI is InChI=1S/C28H31N5O3/c1-33(2)28(34)10-14-30-23-6-3-20(4-7-23)17-27-31-13-9-25(32-27)21-5-8-26(22(18-21)19-29)36-24-11-15-35-16-12-24/h3-9,13,18,24,30H,10-12,14-17H2,1-2H3. The Bertz CT molecular complexity index is 1210. The lowest BCUT2D eigenvalue weighted by Gasteiger charge is -2.23. The number of aromatic nitrogens is 2. The molecule has 36 heavy (non-hydrogen) atoms. The van der Waals surface area contributed by atoms with Crippen molar-refractivity contribution in [2.45, 2.75) is 31.8 Å². The fraction of sp³-hybridized carbons (Fsp3) is 0.357. The summed E-state index contributed by atoms with van der Waals surface area (Å²) in [7, 11) is 3.52. The van der Waals surface area contributed by atoms with Gasteiger partial charge in [0.25, 0.3) is 0 Å². The molecule has 1 aliphatic rings. The second-order valence-electron chi connectivity index (χ2n) is 8.95. The van der Waals surface area contributed by atoms with E-state index in [1.165, 1.54) is 0 Å². The number of nitrogens with zero attached hydrogens (tertiary/aromatic N) is 4. The zero-order valence-electron chi connectivity index (χ0n) is 20.7. The van der Waals surface area contributed by atoms with Gasteiger partial charge in [-0.3, -0.25) is 4.79 Å². The molecule has 1 N–H and O–H groups in total. The quantitative estimate of drug-likeness (QED) is 0.488. The van der Waals surface area contributed by atoms with E-state index < -0.39 is 0 Å². The summed E-state index contributed by atoms with van der Waals surface area (Å²) in [5.41, 5.74) is 4.15. The topological polar surface area (TPSA) is 100 Å². The van der Waals surface area contributed by atoms with Crippen molar-refractivity contribution in [2.24, 2.45) is 0 Å². The summed E-state index contributed by atoms with van der Waals surface area (Å²) in [4.78, 5) is 22.5. The molecule has 1 fully saturated rings. The summed E-state index contributed by atoms with van der Waals surface area (Å²) in [6.07, 6.45) is 4.51. The first-order valence-corrected chi connectivity index (χ1v) is 12.2. The third-order valence-electron chi connectivity index (χ3n) is 6.05.